The van der Waals surface area contributed by atoms with Gasteiger partial charge in [0.1, 0.15) is 0 Å². The van der Waals surface area contributed by atoms with Crippen molar-refractivity contribution in [2.75, 3.05) is 0 Å². The van der Waals surface area contributed by atoms with Crippen LogP contribution in [-0.4, -0.2) is 11.2 Å². The molecule has 1 aromatic carbocycles. The number of hydrogen-bond donors (Lipinski definition) is 2. The monoisotopic (exact) mass is 309 g/mol. The van der Waals surface area contributed by atoms with Crippen LogP contribution in [0.4, 0.5) is 13.2 Å². The van der Waals surface area contributed by atoms with Crippen molar-refractivity contribution < 1.29 is 18.3 Å². The summed E-state index contributed by atoms with van der Waals surface area (Å²) in [7, 11) is 0. The minimum atomic E-state index is -1.54. The number of rotatable bonds is 3. The summed E-state index contributed by atoms with van der Waals surface area (Å²) in [5.41, 5.74) is 5.64. The molecule has 1 saturated carbocycles. The highest BCUT2D eigenvalue weighted by Gasteiger charge is 2.30. The molecule has 0 unspecified atom stereocenters. The summed E-state index contributed by atoms with van der Waals surface area (Å²) in [5, 5.41) is 10.2. The van der Waals surface area contributed by atoms with Crippen LogP contribution in [0.1, 0.15) is 43.7 Å². The highest BCUT2D eigenvalue weighted by molar-refractivity contribution is 5.85. The van der Waals surface area contributed by atoms with Gasteiger partial charge >= 0.3 is 0 Å². The molecule has 1 aliphatic carbocycles. The van der Waals surface area contributed by atoms with Gasteiger partial charge in [0.05, 0.1) is 12.1 Å². The van der Waals surface area contributed by atoms with Crippen LogP contribution in [0.2, 0.25) is 0 Å². The third-order valence-electron chi connectivity index (χ3n) is 3.92. The molecule has 114 valence electrons. The van der Waals surface area contributed by atoms with Gasteiger partial charge in [0.25, 0.3) is 0 Å². The van der Waals surface area contributed by atoms with E-state index in [9.17, 15) is 18.3 Å². The fraction of sp³-hybridized carbons (Fsp3) is 0.571. The first-order valence-electron chi connectivity index (χ1n) is 6.59. The molecule has 6 heteroatoms. The molecule has 0 aliphatic heterocycles. The average molecular weight is 310 g/mol. The normalized spacial score (nSPS) is 19.2. The second kappa shape index (κ2) is 7.29. The number of nitrogens with two attached hydrogens (primary N) is 1. The molecule has 1 fully saturated rings. The molecule has 3 N–H and O–H groups in total. The topological polar surface area (TPSA) is 46.2 Å². The van der Waals surface area contributed by atoms with Gasteiger partial charge in [0, 0.05) is 5.56 Å². The van der Waals surface area contributed by atoms with E-state index in [1.807, 2.05) is 0 Å². The van der Waals surface area contributed by atoms with Crippen molar-refractivity contribution in [2.24, 2.45) is 11.7 Å². The molecule has 1 aromatic rings. The summed E-state index contributed by atoms with van der Waals surface area (Å²) in [6.07, 6.45) is 3.88. The lowest BCUT2D eigenvalue weighted by atomic mass is 9.81. The summed E-state index contributed by atoms with van der Waals surface area (Å²) in [6, 6.07) is 0.907. The Balaban J connectivity index is 0.00000200. The molecule has 2 nitrogen and oxygen atoms in total. The quantitative estimate of drug-likeness (QED) is 0.840. The zero-order valence-corrected chi connectivity index (χ0v) is 11.8. The van der Waals surface area contributed by atoms with Crippen molar-refractivity contribution in [2.45, 2.75) is 44.2 Å². The van der Waals surface area contributed by atoms with Gasteiger partial charge < -0.3 is 10.8 Å². The standard InChI is InChI=1S/C14H18F3NO.ClH/c15-10-7-6-9(11(16)12(10)17)13(18)14(19)8-4-2-1-3-5-8;/h6-8,13-14,19H,1-5,18H2;1H/t13-,14+;/m0./s1. The zero-order chi connectivity index (χ0) is 14.0. The Hall–Kier alpha value is -0.780. The molecule has 0 spiro atoms. The van der Waals surface area contributed by atoms with Gasteiger partial charge in [-0.05, 0) is 24.8 Å². The first kappa shape index (κ1) is 17.3. The van der Waals surface area contributed by atoms with Gasteiger partial charge in [-0.2, -0.15) is 0 Å². The third kappa shape index (κ3) is 3.45. The summed E-state index contributed by atoms with van der Waals surface area (Å²) in [4.78, 5) is 0. The highest BCUT2D eigenvalue weighted by atomic mass is 35.5. The van der Waals surface area contributed by atoms with Crippen LogP contribution < -0.4 is 5.73 Å². The lowest BCUT2D eigenvalue weighted by molar-refractivity contribution is 0.0605. The lowest BCUT2D eigenvalue weighted by Crippen LogP contribution is -2.35. The van der Waals surface area contributed by atoms with Gasteiger partial charge in [-0.15, -0.1) is 12.4 Å². The van der Waals surface area contributed by atoms with Crippen molar-refractivity contribution in [3.05, 3.63) is 35.1 Å². The SMILES string of the molecule is Cl.N[C@@H](c1ccc(F)c(F)c1F)[C@H](O)C1CCCCC1. The van der Waals surface area contributed by atoms with Gasteiger partial charge in [-0.1, -0.05) is 25.3 Å². The van der Waals surface area contributed by atoms with Crippen LogP contribution in [0.25, 0.3) is 0 Å². The highest BCUT2D eigenvalue weighted by Crippen LogP contribution is 2.32. The Morgan fingerprint density at radius 3 is 2.25 bits per heavy atom. The van der Waals surface area contributed by atoms with Crippen LogP contribution in [-0.2, 0) is 0 Å². The van der Waals surface area contributed by atoms with Crippen LogP contribution in [0, 0.1) is 23.4 Å². The predicted octanol–water partition coefficient (Wildman–Crippen LogP) is 3.47. The van der Waals surface area contributed by atoms with Gasteiger partial charge in [0.15, 0.2) is 17.5 Å². The number of benzene rings is 1. The van der Waals surface area contributed by atoms with Crippen molar-refractivity contribution in [3.8, 4) is 0 Å². The minimum absolute atomic E-state index is 0. The van der Waals surface area contributed by atoms with Gasteiger partial charge in [0.2, 0.25) is 0 Å². The van der Waals surface area contributed by atoms with E-state index in [1.165, 1.54) is 0 Å². The Kier molecular flexibility index (Phi) is 6.30. The lowest BCUT2D eigenvalue weighted by Gasteiger charge is -2.30. The molecular formula is C14H19ClF3NO. The van der Waals surface area contributed by atoms with E-state index < -0.39 is 29.6 Å². The Bertz CT molecular complexity index is 452. The Morgan fingerprint density at radius 1 is 1.05 bits per heavy atom. The molecule has 20 heavy (non-hydrogen) atoms. The van der Waals surface area contributed by atoms with Gasteiger partial charge in [-0.25, -0.2) is 13.2 Å². The average Bonchev–Trinajstić information content (AvgIpc) is 2.44. The summed E-state index contributed by atoms with van der Waals surface area (Å²) >= 11 is 0. The van der Waals surface area contributed by atoms with Crippen LogP contribution >= 0.6 is 12.4 Å². The molecule has 0 radical (unpaired) electrons. The van der Waals surface area contributed by atoms with E-state index in [2.05, 4.69) is 0 Å². The second-order valence-electron chi connectivity index (χ2n) is 5.18. The summed E-state index contributed by atoms with van der Waals surface area (Å²) in [5.74, 6) is -4.09. The van der Waals surface area contributed by atoms with E-state index in [0.717, 1.165) is 44.2 Å². The van der Waals surface area contributed by atoms with E-state index in [0.29, 0.717) is 0 Å². The Morgan fingerprint density at radius 2 is 1.65 bits per heavy atom. The van der Waals surface area contributed by atoms with Crippen molar-refractivity contribution >= 4 is 12.4 Å². The van der Waals surface area contributed by atoms with Crippen molar-refractivity contribution in [3.63, 3.8) is 0 Å². The summed E-state index contributed by atoms with van der Waals surface area (Å²) in [6.45, 7) is 0. The van der Waals surface area contributed by atoms with Gasteiger partial charge in [-0.3, -0.25) is 0 Å². The number of aliphatic hydroxyl groups is 1. The second-order valence-corrected chi connectivity index (χ2v) is 5.18. The fourth-order valence-corrected chi connectivity index (χ4v) is 2.75. The first-order valence-corrected chi connectivity index (χ1v) is 6.59. The molecule has 0 heterocycles. The van der Waals surface area contributed by atoms with Crippen LogP contribution in [0.15, 0.2) is 12.1 Å². The smallest absolute Gasteiger partial charge is 0.194 e. The fourth-order valence-electron chi connectivity index (χ4n) is 2.75. The number of halogens is 4. The molecule has 0 saturated heterocycles. The minimum Gasteiger partial charge on any atom is -0.391 e. The van der Waals surface area contributed by atoms with Crippen molar-refractivity contribution in [1.82, 2.24) is 0 Å². The van der Waals surface area contributed by atoms with Crippen molar-refractivity contribution in [1.29, 1.82) is 0 Å². The maximum absolute atomic E-state index is 13.6. The first-order chi connectivity index (χ1) is 9.02. The van der Waals surface area contributed by atoms with Crippen LogP contribution in [0.5, 0.6) is 0 Å². The molecular weight excluding hydrogens is 291 g/mol. The maximum atomic E-state index is 13.6. The predicted molar refractivity (Wildman–Crippen MR) is 73.1 cm³/mol. The molecule has 0 aromatic heterocycles. The van der Waals surface area contributed by atoms with E-state index >= 15 is 0 Å². The summed E-state index contributed by atoms with van der Waals surface area (Å²) < 4.78 is 39.7. The molecule has 1 aliphatic rings. The van der Waals surface area contributed by atoms with E-state index in [-0.39, 0.29) is 23.9 Å². The molecule has 2 atom stereocenters. The molecule has 0 bridgehead atoms. The number of hydrogen-bond acceptors (Lipinski definition) is 2. The number of aliphatic hydroxyl groups excluding tert-OH is 1. The molecule has 0 amide bonds. The Labute approximate surface area is 122 Å². The zero-order valence-electron chi connectivity index (χ0n) is 11.0. The van der Waals surface area contributed by atoms with E-state index in [4.69, 9.17) is 5.73 Å². The van der Waals surface area contributed by atoms with Crippen LogP contribution in [0.3, 0.4) is 0 Å². The van der Waals surface area contributed by atoms with E-state index in [1.54, 1.807) is 0 Å². The third-order valence-corrected chi connectivity index (χ3v) is 3.92. The molecule has 2 rings (SSSR count). The largest absolute Gasteiger partial charge is 0.391 e. The maximum Gasteiger partial charge on any atom is 0.194 e.